The fourth-order valence-electron chi connectivity index (χ4n) is 2.55. The SMILES string of the molecule is CCCN(CCC)C(=O)c1oc2ccccc2c1NC(=O)CC. The van der Waals surface area contributed by atoms with Crippen LogP contribution in [0.25, 0.3) is 11.0 Å². The number of benzene rings is 1. The normalized spacial score (nSPS) is 10.7. The van der Waals surface area contributed by atoms with Gasteiger partial charge in [0.25, 0.3) is 5.91 Å². The van der Waals surface area contributed by atoms with Gasteiger partial charge >= 0.3 is 0 Å². The van der Waals surface area contributed by atoms with Crippen LogP contribution in [0.15, 0.2) is 28.7 Å². The maximum atomic E-state index is 12.9. The number of fused-ring (bicyclic) bond motifs is 1. The lowest BCUT2D eigenvalue weighted by Gasteiger charge is -2.20. The summed E-state index contributed by atoms with van der Waals surface area (Å²) in [7, 11) is 0. The van der Waals surface area contributed by atoms with Crippen molar-refractivity contribution in [3.63, 3.8) is 0 Å². The molecule has 5 nitrogen and oxygen atoms in total. The summed E-state index contributed by atoms with van der Waals surface area (Å²) in [6, 6.07) is 7.37. The summed E-state index contributed by atoms with van der Waals surface area (Å²) >= 11 is 0. The Labute approximate surface area is 136 Å². The molecule has 0 atom stereocenters. The monoisotopic (exact) mass is 316 g/mol. The van der Waals surface area contributed by atoms with Crippen molar-refractivity contribution in [2.75, 3.05) is 18.4 Å². The molecule has 1 heterocycles. The highest BCUT2D eigenvalue weighted by Gasteiger charge is 2.25. The van der Waals surface area contributed by atoms with Gasteiger partial charge in [0.05, 0.1) is 0 Å². The van der Waals surface area contributed by atoms with Crippen LogP contribution in [-0.2, 0) is 4.79 Å². The van der Waals surface area contributed by atoms with Gasteiger partial charge in [-0.3, -0.25) is 9.59 Å². The first-order valence-corrected chi connectivity index (χ1v) is 8.22. The predicted molar refractivity (Wildman–Crippen MR) is 91.6 cm³/mol. The summed E-state index contributed by atoms with van der Waals surface area (Å²) in [6.07, 6.45) is 2.10. The fourth-order valence-corrected chi connectivity index (χ4v) is 2.55. The van der Waals surface area contributed by atoms with Gasteiger partial charge in [-0.2, -0.15) is 0 Å². The van der Waals surface area contributed by atoms with Crippen LogP contribution in [0, 0.1) is 0 Å². The highest BCUT2D eigenvalue weighted by Crippen LogP contribution is 2.32. The number of hydrogen-bond acceptors (Lipinski definition) is 3. The first-order valence-electron chi connectivity index (χ1n) is 8.22. The topological polar surface area (TPSA) is 62.6 Å². The van der Waals surface area contributed by atoms with Crippen LogP contribution in [-0.4, -0.2) is 29.8 Å². The number of carbonyl (C=O) groups is 2. The summed E-state index contributed by atoms with van der Waals surface area (Å²) in [5.41, 5.74) is 1.09. The molecular formula is C18H24N2O3. The van der Waals surface area contributed by atoms with Crippen LogP contribution in [0.4, 0.5) is 5.69 Å². The number of furan rings is 1. The van der Waals surface area contributed by atoms with Crippen molar-refractivity contribution in [3.8, 4) is 0 Å². The van der Waals surface area contributed by atoms with Crippen molar-refractivity contribution in [2.24, 2.45) is 0 Å². The van der Waals surface area contributed by atoms with Gasteiger partial charge in [0.2, 0.25) is 11.7 Å². The Balaban J connectivity index is 2.47. The summed E-state index contributed by atoms with van der Waals surface area (Å²) < 4.78 is 5.77. The molecular weight excluding hydrogens is 292 g/mol. The lowest BCUT2D eigenvalue weighted by molar-refractivity contribution is -0.115. The van der Waals surface area contributed by atoms with Crippen molar-refractivity contribution >= 4 is 28.5 Å². The molecule has 0 bridgehead atoms. The highest BCUT2D eigenvalue weighted by molar-refractivity contribution is 6.10. The third-order valence-electron chi connectivity index (χ3n) is 3.65. The predicted octanol–water partition coefficient (Wildman–Crippen LogP) is 4.04. The number of rotatable bonds is 7. The molecule has 0 aliphatic carbocycles. The smallest absolute Gasteiger partial charge is 0.291 e. The van der Waals surface area contributed by atoms with E-state index in [0.717, 1.165) is 18.2 Å². The molecule has 0 aliphatic heterocycles. The van der Waals surface area contributed by atoms with E-state index in [-0.39, 0.29) is 17.6 Å². The summed E-state index contributed by atoms with van der Waals surface area (Å²) in [5, 5.41) is 3.58. The number of amides is 2. The first kappa shape index (κ1) is 17.1. The second-order valence-electron chi connectivity index (χ2n) is 5.50. The van der Waals surface area contributed by atoms with Crippen molar-refractivity contribution in [3.05, 3.63) is 30.0 Å². The molecule has 2 aromatic rings. The molecule has 1 aromatic carbocycles. The minimum atomic E-state index is -0.170. The van der Waals surface area contributed by atoms with E-state index in [9.17, 15) is 9.59 Å². The van der Waals surface area contributed by atoms with Crippen LogP contribution in [0.1, 0.15) is 50.6 Å². The van der Waals surface area contributed by atoms with Crippen molar-refractivity contribution in [2.45, 2.75) is 40.0 Å². The molecule has 0 saturated heterocycles. The van der Waals surface area contributed by atoms with Crippen LogP contribution in [0.3, 0.4) is 0 Å². The third-order valence-corrected chi connectivity index (χ3v) is 3.65. The molecule has 0 spiro atoms. The van der Waals surface area contributed by atoms with Gasteiger partial charge in [0.15, 0.2) is 0 Å². The van der Waals surface area contributed by atoms with E-state index in [1.54, 1.807) is 17.9 Å². The van der Waals surface area contributed by atoms with Crippen LogP contribution in [0.2, 0.25) is 0 Å². The first-order chi connectivity index (χ1) is 11.1. The molecule has 5 heteroatoms. The lowest BCUT2D eigenvalue weighted by atomic mass is 10.2. The average Bonchev–Trinajstić information content (AvgIpc) is 2.92. The van der Waals surface area contributed by atoms with Crippen LogP contribution >= 0.6 is 0 Å². The maximum Gasteiger partial charge on any atom is 0.291 e. The molecule has 0 radical (unpaired) electrons. The second kappa shape index (κ2) is 7.81. The van der Waals surface area contributed by atoms with Gasteiger partial charge in [0, 0.05) is 24.9 Å². The number of para-hydroxylation sites is 1. The maximum absolute atomic E-state index is 12.9. The summed E-state index contributed by atoms with van der Waals surface area (Å²) in [4.78, 5) is 26.5. The number of nitrogens with one attached hydrogen (secondary N) is 1. The molecule has 2 rings (SSSR count). The Morgan fingerprint density at radius 1 is 1.09 bits per heavy atom. The van der Waals surface area contributed by atoms with Gasteiger partial charge in [-0.1, -0.05) is 32.9 Å². The largest absolute Gasteiger partial charge is 0.449 e. The number of anilines is 1. The Morgan fingerprint density at radius 3 is 2.35 bits per heavy atom. The molecule has 2 amide bonds. The number of hydrogen-bond donors (Lipinski definition) is 1. The average molecular weight is 316 g/mol. The van der Waals surface area contributed by atoms with Crippen molar-refractivity contribution < 1.29 is 14.0 Å². The van der Waals surface area contributed by atoms with E-state index in [1.165, 1.54) is 0 Å². The zero-order valence-electron chi connectivity index (χ0n) is 14.0. The molecule has 1 aromatic heterocycles. The van der Waals surface area contributed by atoms with Gasteiger partial charge in [-0.05, 0) is 25.0 Å². The lowest BCUT2D eigenvalue weighted by Crippen LogP contribution is -2.32. The Hall–Kier alpha value is -2.30. The number of carbonyl (C=O) groups excluding carboxylic acids is 2. The molecule has 0 aliphatic rings. The van der Waals surface area contributed by atoms with E-state index in [1.807, 2.05) is 32.0 Å². The van der Waals surface area contributed by atoms with Gasteiger partial charge in [-0.15, -0.1) is 0 Å². The molecule has 0 unspecified atom stereocenters. The fraction of sp³-hybridized carbons (Fsp3) is 0.444. The Morgan fingerprint density at radius 2 is 1.74 bits per heavy atom. The van der Waals surface area contributed by atoms with Crippen LogP contribution in [0.5, 0.6) is 0 Å². The zero-order valence-corrected chi connectivity index (χ0v) is 14.0. The van der Waals surface area contributed by atoms with E-state index in [2.05, 4.69) is 5.32 Å². The molecule has 23 heavy (non-hydrogen) atoms. The van der Waals surface area contributed by atoms with E-state index in [0.29, 0.717) is 30.8 Å². The van der Waals surface area contributed by atoms with E-state index >= 15 is 0 Å². The quantitative estimate of drug-likeness (QED) is 0.838. The molecule has 124 valence electrons. The standard InChI is InChI=1S/C18H24N2O3/c1-4-11-20(12-5-2)18(22)17-16(19-15(21)6-3)13-9-7-8-10-14(13)23-17/h7-10H,4-6,11-12H2,1-3H3,(H,19,21). The van der Waals surface area contributed by atoms with E-state index < -0.39 is 0 Å². The van der Waals surface area contributed by atoms with Gasteiger partial charge in [-0.25, -0.2) is 0 Å². The van der Waals surface area contributed by atoms with Crippen molar-refractivity contribution in [1.82, 2.24) is 4.90 Å². The Kier molecular flexibility index (Phi) is 5.79. The zero-order chi connectivity index (χ0) is 16.8. The molecule has 1 N–H and O–H groups in total. The summed E-state index contributed by atoms with van der Waals surface area (Å²) in [5.74, 6) is -0.0886. The van der Waals surface area contributed by atoms with Crippen molar-refractivity contribution in [1.29, 1.82) is 0 Å². The molecule has 0 fully saturated rings. The minimum Gasteiger partial charge on any atom is -0.449 e. The number of nitrogens with zero attached hydrogens (tertiary/aromatic N) is 1. The second-order valence-corrected chi connectivity index (χ2v) is 5.50. The van der Waals surface area contributed by atoms with E-state index in [4.69, 9.17) is 4.42 Å². The summed E-state index contributed by atoms with van der Waals surface area (Å²) in [6.45, 7) is 7.19. The minimum absolute atomic E-state index is 0.136. The van der Waals surface area contributed by atoms with Crippen LogP contribution < -0.4 is 5.32 Å². The Bertz CT molecular complexity index is 685. The molecule has 0 saturated carbocycles. The third kappa shape index (κ3) is 3.73. The van der Waals surface area contributed by atoms with Gasteiger partial charge < -0.3 is 14.6 Å². The highest BCUT2D eigenvalue weighted by atomic mass is 16.3. The van der Waals surface area contributed by atoms with Gasteiger partial charge in [0.1, 0.15) is 11.3 Å².